The molecule has 2 heterocycles. The van der Waals surface area contributed by atoms with Crippen LogP contribution in [0.2, 0.25) is 0 Å². The van der Waals surface area contributed by atoms with Crippen LogP contribution in [0.4, 0.5) is 0 Å². The van der Waals surface area contributed by atoms with Crippen LogP contribution in [0.15, 0.2) is 56.3 Å². The fourth-order valence-electron chi connectivity index (χ4n) is 1.98. The fraction of sp³-hybridized carbons (Fsp3) is 0.0667. The third-order valence-corrected chi connectivity index (χ3v) is 3.66. The Morgan fingerprint density at radius 3 is 2.60 bits per heavy atom. The number of H-pyrrole nitrogens is 1. The van der Waals surface area contributed by atoms with E-state index >= 15 is 0 Å². The second-order valence-electron chi connectivity index (χ2n) is 4.35. The lowest BCUT2D eigenvalue weighted by Crippen LogP contribution is -2.14. The van der Waals surface area contributed by atoms with Crippen LogP contribution >= 0.6 is 15.9 Å². The number of halogens is 1. The summed E-state index contributed by atoms with van der Waals surface area (Å²) >= 11 is 3.37. The van der Waals surface area contributed by atoms with Crippen molar-refractivity contribution in [3.05, 3.63) is 63.1 Å². The van der Waals surface area contributed by atoms with E-state index in [1.165, 1.54) is 0 Å². The van der Waals surface area contributed by atoms with E-state index in [-0.39, 0.29) is 5.56 Å². The van der Waals surface area contributed by atoms with E-state index in [0.717, 1.165) is 10.0 Å². The molecule has 0 bridgehead atoms. The van der Waals surface area contributed by atoms with Gasteiger partial charge in [0.2, 0.25) is 0 Å². The molecule has 0 saturated heterocycles. The van der Waals surface area contributed by atoms with Gasteiger partial charge < -0.3 is 9.40 Å². The molecular weight excluding hydrogens is 320 g/mol. The Morgan fingerprint density at radius 2 is 1.95 bits per heavy atom. The minimum Gasteiger partial charge on any atom is -0.460 e. The van der Waals surface area contributed by atoms with Crippen LogP contribution in [0.5, 0.6) is 0 Å². The molecule has 2 aromatic heterocycles. The van der Waals surface area contributed by atoms with Crippen molar-refractivity contribution in [3.8, 4) is 22.8 Å². The number of benzene rings is 1. The van der Waals surface area contributed by atoms with Crippen molar-refractivity contribution >= 4 is 15.9 Å². The molecule has 0 atom stereocenters. The summed E-state index contributed by atoms with van der Waals surface area (Å²) in [6.45, 7) is 1.76. The lowest BCUT2D eigenvalue weighted by atomic mass is 10.1. The number of hydrogen-bond donors (Lipinski definition) is 1. The van der Waals surface area contributed by atoms with Crippen LogP contribution in [0.1, 0.15) is 5.56 Å². The average molecular weight is 331 g/mol. The molecule has 20 heavy (non-hydrogen) atoms. The molecule has 0 spiro atoms. The van der Waals surface area contributed by atoms with Crippen molar-refractivity contribution in [3.63, 3.8) is 0 Å². The molecule has 1 aromatic carbocycles. The maximum Gasteiger partial charge on any atom is 0.254 e. The van der Waals surface area contributed by atoms with Gasteiger partial charge in [-0.15, -0.1) is 0 Å². The highest BCUT2D eigenvalue weighted by Gasteiger charge is 2.14. The van der Waals surface area contributed by atoms with Crippen molar-refractivity contribution in [1.29, 1.82) is 0 Å². The number of aromatic amines is 1. The zero-order chi connectivity index (χ0) is 14.1. The Bertz CT molecular complexity index is 806. The first kappa shape index (κ1) is 12.9. The summed E-state index contributed by atoms with van der Waals surface area (Å²) < 4.78 is 6.11. The molecule has 5 heteroatoms. The van der Waals surface area contributed by atoms with Gasteiger partial charge in [-0.05, 0) is 28.9 Å². The first-order chi connectivity index (χ1) is 9.66. The predicted octanol–water partition coefficient (Wildman–Crippen LogP) is 3.77. The number of nitrogens with zero attached hydrogens (tertiary/aromatic N) is 1. The molecular formula is C15H11BrN2O2. The molecule has 3 aromatic rings. The van der Waals surface area contributed by atoms with E-state index in [0.29, 0.717) is 22.8 Å². The second-order valence-corrected chi connectivity index (χ2v) is 5.21. The first-order valence-corrected chi connectivity index (χ1v) is 6.86. The fourth-order valence-corrected chi connectivity index (χ4v) is 2.37. The summed E-state index contributed by atoms with van der Waals surface area (Å²) in [6, 6.07) is 11.4. The lowest BCUT2D eigenvalue weighted by molar-refractivity contribution is 0.575. The third kappa shape index (κ3) is 2.20. The van der Waals surface area contributed by atoms with Crippen molar-refractivity contribution in [2.45, 2.75) is 6.92 Å². The SMILES string of the molecule is Cc1c(-c2ccccc2)nc(-c2occc2Br)[nH]c1=O. The standard InChI is InChI=1S/C15H11BrN2O2/c1-9-12(10-5-3-2-4-6-10)17-14(18-15(9)19)13-11(16)7-8-20-13/h2-8H,1H3,(H,17,18,19). The summed E-state index contributed by atoms with van der Waals surface area (Å²) in [5.74, 6) is 0.926. The summed E-state index contributed by atoms with van der Waals surface area (Å²) in [4.78, 5) is 19.4. The average Bonchev–Trinajstić information content (AvgIpc) is 2.89. The maximum absolute atomic E-state index is 12.1. The summed E-state index contributed by atoms with van der Waals surface area (Å²) in [7, 11) is 0. The Morgan fingerprint density at radius 1 is 1.20 bits per heavy atom. The molecule has 0 aliphatic carbocycles. The monoisotopic (exact) mass is 330 g/mol. The second kappa shape index (κ2) is 5.09. The lowest BCUT2D eigenvalue weighted by Gasteiger charge is -2.06. The van der Waals surface area contributed by atoms with Gasteiger partial charge in [-0.25, -0.2) is 4.98 Å². The van der Waals surface area contributed by atoms with Crippen LogP contribution in [-0.2, 0) is 0 Å². The van der Waals surface area contributed by atoms with Gasteiger partial charge in [0, 0.05) is 11.1 Å². The molecule has 0 aliphatic heterocycles. The highest BCUT2D eigenvalue weighted by Crippen LogP contribution is 2.28. The van der Waals surface area contributed by atoms with Crippen LogP contribution < -0.4 is 5.56 Å². The van der Waals surface area contributed by atoms with E-state index < -0.39 is 0 Å². The van der Waals surface area contributed by atoms with Gasteiger partial charge in [-0.2, -0.15) is 0 Å². The highest BCUT2D eigenvalue weighted by molar-refractivity contribution is 9.10. The summed E-state index contributed by atoms with van der Waals surface area (Å²) in [5, 5.41) is 0. The third-order valence-electron chi connectivity index (χ3n) is 3.03. The van der Waals surface area contributed by atoms with Gasteiger partial charge in [0.1, 0.15) is 0 Å². The maximum atomic E-state index is 12.1. The molecule has 4 nitrogen and oxygen atoms in total. The Kier molecular flexibility index (Phi) is 3.28. The molecule has 0 aliphatic rings. The van der Waals surface area contributed by atoms with Gasteiger partial charge in [-0.3, -0.25) is 4.79 Å². The van der Waals surface area contributed by atoms with E-state index in [9.17, 15) is 4.79 Å². The number of nitrogens with one attached hydrogen (secondary N) is 1. The minimum atomic E-state index is -0.169. The molecule has 0 radical (unpaired) electrons. The Labute approximate surface area is 123 Å². The first-order valence-electron chi connectivity index (χ1n) is 6.06. The van der Waals surface area contributed by atoms with Crippen molar-refractivity contribution in [2.75, 3.05) is 0 Å². The minimum absolute atomic E-state index is 0.169. The van der Waals surface area contributed by atoms with Crippen LogP contribution in [0.25, 0.3) is 22.8 Å². The van der Waals surface area contributed by atoms with Gasteiger partial charge >= 0.3 is 0 Å². The molecule has 0 unspecified atom stereocenters. The molecule has 3 rings (SSSR count). The molecule has 0 fully saturated rings. The Hall–Kier alpha value is -2.14. The van der Waals surface area contributed by atoms with E-state index in [4.69, 9.17) is 4.42 Å². The van der Waals surface area contributed by atoms with Crippen molar-refractivity contribution in [2.24, 2.45) is 0 Å². The molecule has 0 amide bonds. The summed E-state index contributed by atoms with van der Waals surface area (Å²) in [5.41, 5.74) is 1.98. The van der Waals surface area contributed by atoms with Gasteiger partial charge in [0.25, 0.3) is 5.56 Å². The van der Waals surface area contributed by atoms with Crippen molar-refractivity contribution < 1.29 is 4.42 Å². The van der Waals surface area contributed by atoms with Crippen LogP contribution in [0.3, 0.4) is 0 Å². The van der Waals surface area contributed by atoms with Gasteiger partial charge in [0.15, 0.2) is 11.6 Å². The molecule has 1 N–H and O–H groups in total. The predicted molar refractivity (Wildman–Crippen MR) is 80.4 cm³/mol. The number of rotatable bonds is 2. The van der Waals surface area contributed by atoms with E-state index in [1.54, 1.807) is 19.3 Å². The largest absolute Gasteiger partial charge is 0.460 e. The highest BCUT2D eigenvalue weighted by atomic mass is 79.9. The zero-order valence-electron chi connectivity index (χ0n) is 10.7. The normalized spacial score (nSPS) is 10.7. The van der Waals surface area contributed by atoms with Crippen LogP contribution in [0, 0.1) is 6.92 Å². The number of aromatic nitrogens is 2. The zero-order valence-corrected chi connectivity index (χ0v) is 12.3. The quantitative estimate of drug-likeness (QED) is 0.778. The molecule has 0 saturated carbocycles. The number of hydrogen-bond acceptors (Lipinski definition) is 3. The van der Waals surface area contributed by atoms with E-state index in [2.05, 4.69) is 25.9 Å². The topological polar surface area (TPSA) is 58.9 Å². The Balaban J connectivity index is 2.24. The van der Waals surface area contributed by atoms with E-state index in [1.807, 2.05) is 30.3 Å². The van der Waals surface area contributed by atoms with Crippen LogP contribution in [-0.4, -0.2) is 9.97 Å². The molecule has 100 valence electrons. The van der Waals surface area contributed by atoms with Gasteiger partial charge in [0.05, 0.1) is 16.4 Å². The smallest absolute Gasteiger partial charge is 0.254 e. The number of furan rings is 1. The van der Waals surface area contributed by atoms with Crippen molar-refractivity contribution in [1.82, 2.24) is 9.97 Å². The van der Waals surface area contributed by atoms with Gasteiger partial charge in [-0.1, -0.05) is 30.3 Å². The summed E-state index contributed by atoms with van der Waals surface area (Å²) in [6.07, 6.45) is 1.54.